The van der Waals surface area contributed by atoms with Crippen molar-refractivity contribution in [3.05, 3.63) is 46.2 Å². The van der Waals surface area contributed by atoms with Gasteiger partial charge in [0, 0.05) is 35.7 Å². The highest BCUT2D eigenvalue weighted by Gasteiger charge is 2.14. The Kier molecular flexibility index (Phi) is 5.76. The lowest BCUT2D eigenvalue weighted by molar-refractivity contribution is 0.191. The smallest absolute Gasteiger partial charge is 0.134 e. The van der Waals surface area contributed by atoms with Crippen LogP contribution in [0.3, 0.4) is 0 Å². The minimum Gasteiger partial charge on any atom is -0.387 e. The highest BCUT2D eigenvalue weighted by molar-refractivity contribution is 6.34. The molecule has 24 heavy (non-hydrogen) atoms. The summed E-state index contributed by atoms with van der Waals surface area (Å²) >= 11 is 12.0. The summed E-state index contributed by atoms with van der Waals surface area (Å²) in [5.74, 6) is 1.62. The maximum atomic E-state index is 10.3. The summed E-state index contributed by atoms with van der Waals surface area (Å²) in [6, 6.07) is 6.98. The second-order valence-corrected chi connectivity index (χ2v) is 6.78. The number of nitrogens with zero attached hydrogens (tertiary/aromatic N) is 3. The van der Waals surface area contributed by atoms with E-state index >= 15 is 0 Å². The van der Waals surface area contributed by atoms with E-state index in [4.69, 9.17) is 23.2 Å². The van der Waals surface area contributed by atoms with E-state index in [0.29, 0.717) is 28.0 Å². The third kappa shape index (κ3) is 4.50. The van der Waals surface area contributed by atoms with E-state index in [1.54, 1.807) is 24.5 Å². The van der Waals surface area contributed by atoms with Gasteiger partial charge in [0.15, 0.2) is 0 Å². The Bertz CT molecular complexity index is 672. The number of rotatable bonds is 5. The first-order valence-corrected chi connectivity index (χ1v) is 8.82. The second-order valence-electron chi connectivity index (χ2n) is 5.91. The van der Waals surface area contributed by atoms with Crippen molar-refractivity contribution < 1.29 is 5.11 Å². The monoisotopic (exact) mass is 366 g/mol. The van der Waals surface area contributed by atoms with Crippen LogP contribution in [0.25, 0.3) is 0 Å². The van der Waals surface area contributed by atoms with Crippen molar-refractivity contribution >= 4 is 34.8 Å². The molecule has 5 nitrogen and oxygen atoms in total. The number of benzene rings is 1. The normalized spacial score (nSPS) is 16.0. The van der Waals surface area contributed by atoms with Crippen LogP contribution in [0.15, 0.2) is 30.6 Å². The summed E-state index contributed by atoms with van der Waals surface area (Å²) in [4.78, 5) is 10.8. The predicted molar refractivity (Wildman–Crippen MR) is 98.0 cm³/mol. The zero-order valence-electron chi connectivity index (χ0n) is 13.3. The molecule has 1 atom stereocenters. The third-order valence-corrected chi connectivity index (χ3v) is 4.52. The van der Waals surface area contributed by atoms with Gasteiger partial charge in [-0.05, 0) is 43.0 Å². The van der Waals surface area contributed by atoms with Gasteiger partial charge in [-0.25, -0.2) is 9.97 Å². The molecule has 0 radical (unpaired) electrons. The molecule has 0 spiro atoms. The highest BCUT2D eigenvalue weighted by Crippen LogP contribution is 2.24. The van der Waals surface area contributed by atoms with Crippen LogP contribution in [-0.4, -0.2) is 34.7 Å². The number of aliphatic hydroxyl groups is 1. The zero-order chi connectivity index (χ0) is 16.9. The first-order valence-electron chi connectivity index (χ1n) is 8.07. The van der Waals surface area contributed by atoms with Crippen LogP contribution in [-0.2, 0) is 0 Å². The van der Waals surface area contributed by atoms with E-state index in [-0.39, 0.29) is 0 Å². The molecule has 0 aliphatic carbocycles. The van der Waals surface area contributed by atoms with Crippen LogP contribution < -0.4 is 10.2 Å². The molecule has 1 aromatic carbocycles. The van der Waals surface area contributed by atoms with Crippen molar-refractivity contribution in [3.63, 3.8) is 0 Å². The number of anilines is 2. The summed E-state index contributed by atoms with van der Waals surface area (Å²) in [6.45, 7) is 2.37. The first kappa shape index (κ1) is 17.3. The predicted octanol–water partition coefficient (Wildman–Crippen LogP) is 3.92. The molecule has 0 bridgehead atoms. The number of hydrogen-bond donors (Lipinski definition) is 2. The first-order chi connectivity index (χ1) is 11.6. The van der Waals surface area contributed by atoms with Crippen LogP contribution in [0.1, 0.15) is 30.9 Å². The zero-order valence-corrected chi connectivity index (χ0v) is 14.8. The van der Waals surface area contributed by atoms with E-state index in [1.807, 2.05) is 6.07 Å². The molecule has 2 aromatic rings. The standard InChI is InChI=1S/C17H20Cl2N4O/c18-13-6-12(7-14(19)8-13)15(24)10-20-16-9-17(22-11-21-16)23-4-2-1-3-5-23/h6-9,11,15,24H,1-5,10H2,(H,20,21,22). The fourth-order valence-electron chi connectivity index (χ4n) is 2.83. The lowest BCUT2D eigenvalue weighted by Gasteiger charge is -2.27. The number of piperidine rings is 1. The van der Waals surface area contributed by atoms with Crippen LogP contribution >= 0.6 is 23.2 Å². The Morgan fingerprint density at radius 1 is 1.04 bits per heavy atom. The van der Waals surface area contributed by atoms with E-state index in [1.165, 1.54) is 19.3 Å². The van der Waals surface area contributed by atoms with Crippen molar-refractivity contribution in [3.8, 4) is 0 Å². The average Bonchev–Trinajstić information content (AvgIpc) is 2.60. The molecule has 1 aliphatic rings. The molecule has 0 saturated carbocycles. The van der Waals surface area contributed by atoms with Gasteiger partial charge in [0.05, 0.1) is 6.10 Å². The van der Waals surface area contributed by atoms with Gasteiger partial charge in [-0.15, -0.1) is 0 Å². The van der Waals surface area contributed by atoms with Crippen molar-refractivity contribution in [2.75, 3.05) is 29.9 Å². The van der Waals surface area contributed by atoms with Gasteiger partial charge in [-0.1, -0.05) is 23.2 Å². The van der Waals surface area contributed by atoms with Crippen molar-refractivity contribution in [2.24, 2.45) is 0 Å². The average molecular weight is 367 g/mol. The largest absolute Gasteiger partial charge is 0.387 e. The van der Waals surface area contributed by atoms with Crippen LogP contribution in [0, 0.1) is 0 Å². The summed E-state index contributed by atoms with van der Waals surface area (Å²) in [7, 11) is 0. The van der Waals surface area contributed by atoms with Gasteiger partial charge < -0.3 is 15.3 Å². The molecule has 1 fully saturated rings. The molecular formula is C17H20Cl2N4O. The summed E-state index contributed by atoms with van der Waals surface area (Å²) in [6.07, 6.45) is 4.49. The SMILES string of the molecule is OC(CNc1cc(N2CCCCC2)ncn1)c1cc(Cl)cc(Cl)c1. The fraction of sp³-hybridized carbons (Fsp3) is 0.412. The summed E-state index contributed by atoms with van der Waals surface area (Å²) in [5.41, 5.74) is 0.672. The molecule has 1 saturated heterocycles. The summed E-state index contributed by atoms with van der Waals surface area (Å²) in [5, 5.41) is 14.5. The Balaban J connectivity index is 1.63. The van der Waals surface area contributed by atoms with Crippen LogP contribution in [0.5, 0.6) is 0 Å². The lowest BCUT2D eigenvalue weighted by Crippen LogP contribution is -2.30. The lowest BCUT2D eigenvalue weighted by atomic mass is 10.1. The van der Waals surface area contributed by atoms with Crippen molar-refractivity contribution in [1.82, 2.24) is 9.97 Å². The fourth-order valence-corrected chi connectivity index (χ4v) is 3.37. The minimum absolute atomic E-state index is 0.313. The third-order valence-electron chi connectivity index (χ3n) is 4.08. The molecule has 128 valence electrons. The van der Waals surface area contributed by atoms with Gasteiger partial charge in [0.2, 0.25) is 0 Å². The number of hydrogen-bond acceptors (Lipinski definition) is 5. The van der Waals surface area contributed by atoms with Crippen LogP contribution in [0.4, 0.5) is 11.6 Å². The number of aromatic nitrogens is 2. The molecule has 0 amide bonds. The van der Waals surface area contributed by atoms with E-state index < -0.39 is 6.10 Å². The van der Waals surface area contributed by atoms with Gasteiger partial charge in [0.1, 0.15) is 18.0 Å². The Morgan fingerprint density at radius 2 is 1.75 bits per heavy atom. The minimum atomic E-state index is -0.727. The Hall–Kier alpha value is -1.56. The van der Waals surface area contributed by atoms with Gasteiger partial charge in [-0.2, -0.15) is 0 Å². The van der Waals surface area contributed by atoms with Crippen molar-refractivity contribution in [2.45, 2.75) is 25.4 Å². The maximum absolute atomic E-state index is 10.3. The van der Waals surface area contributed by atoms with Crippen LogP contribution in [0.2, 0.25) is 10.0 Å². The van der Waals surface area contributed by atoms with E-state index in [0.717, 1.165) is 18.9 Å². The molecule has 3 rings (SSSR count). The Morgan fingerprint density at radius 3 is 2.46 bits per heavy atom. The maximum Gasteiger partial charge on any atom is 0.134 e. The topological polar surface area (TPSA) is 61.3 Å². The summed E-state index contributed by atoms with van der Waals surface area (Å²) < 4.78 is 0. The molecule has 1 aliphatic heterocycles. The second kappa shape index (κ2) is 8.01. The molecular weight excluding hydrogens is 347 g/mol. The Labute approximate surface area is 151 Å². The van der Waals surface area contributed by atoms with Gasteiger partial charge in [-0.3, -0.25) is 0 Å². The van der Waals surface area contributed by atoms with E-state index in [2.05, 4.69) is 20.2 Å². The molecule has 1 aromatic heterocycles. The van der Waals surface area contributed by atoms with Gasteiger partial charge in [0.25, 0.3) is 0 Å². The highest BCUT2D eigenvalue weighted by atomic mass is 35.5. The van der Waals surface area contributed by atoms with Crippen molar-refractivity contribution in [1.29, 1.82) is 0 Å². The number of nitrogens with one attached hydrogen (secondary N) is 1. The molecule has 1 unspecified atom stereocenters. The van der Waals surface area contributed by atoms with E-state index in [9.17, 15) is 5.11 Å². The molecule has 7 heteroatoms. The van der Waals surface area contributed by atoms with Gasteiger partial charge >= 0.3 is 0 Å². The molecule has 2 heterocycles. The number of halogens is 2. The quantitative estimate of drug-likeness (QED) is 0.839. The molecule has 2 N–H and O–H groups in total. The number of aliphatic hydroxyl groups excluding tert-OH is 1.